The molecule has 0 amide bonds. The number of carbonyl (C=O) groups excluding carboxylic acids is 1. The number of nitrogens with one attached hydrogen (secondary N) is 1. The van der Waals surface area contributed by atoms with E-state index >= 15 is 0 Å². The third kappa shape index (κ3) is 1.90. The number of benzene rings is 1. The fourth-order valence-corrected chi connectivity index (χ4v) is 5.05. The van der Waals surface area contributed by atoms with Crippen LogP contribution in [0.3, 0.4) is 0 Å². The maximum absolute atomic E-state index is 12.9. The molecule has 4 rings (SSSR count). The standard InChI is InChI=1S/C18H23NO4/c1-9-11-5-10-3-4-13(21)16-15(10)18(9,2)17(23-16)14(22)7-12(6-11)19-8-20/h3-4,9,11-12,17,19-21H,5-8H2,1-2H3/t9-,11?,12?,17-,18?/m0/s1. The molecule has 1 heterocycles. The van der Waals surface area contributed by atoms with Crippen LogP contribution in [0.1, 0.15) is 37.8 Å². The highest BCUT2D eigenvalue weighted by atomic mass is 16.5. The Morgan fingerprint density at radius 3 is 2.91 bits per heavy atom. The molecule has 1 aromatic rings. The molecule has 0 radical (unpaired) electrons. The highest BCUT2D eigenvalue weighted by Gasteiger charge is 2.58. The van der Waals surface area contributed by atoms with Crippen molar-refractivity contribution < 1.29 is 19.7 Å². The topological polar surface area (TPSA) is 78.8 Å². The van der Waals surface area contributed by atoms with Gasteiger partial charge in [0, 0.05) is 23.4 Å². The molecule has 0 spiro atoms. The summed E-state index contributed by atoms with van der Waals surface area (Å²) in [5.41, 5.74) is 1.84. The van der Waals surface area contributed by atoms with Gasteiger partial charge in [0.25, 0.3) is 0 Å². The van der Waals surface area contributed by atoms with E-state index in [-0.39, 0.29) is 35.6 Å². The molecule has 5 atom stereocenters. The second kappa shape index (κ2) is 4.95. The fourth-order valence-electron chi connectivity index (χ4n) is 5.05. The van der Waals surface area contributed by atoms with Crippen LogP contribution in [0.4, 0.5) is 0 Å². The lowest BCUT2D eigenvalue weighted by atomic mass is 9.56. The van der Waals surface area contributed by atoms with E-state index in [1.807, 2.05) is 6.07 Å². The largest absolute Gasteiger partial charge is 0.504 e. The van der Waals surface area contributed by atoms with Gasteiger partial charge in [-0.05, 0) is 36.3 Å². The molecule has 1 aliphatic heterocycles. The summed E-state index contributed by atoms with van der Waals surface area (Å²) in [5.74, 6) is 1.37. The minimum Gasteiger partial charge on any atom is -0.504 e. The van der Waals surface area contributed by atoms with Gasteiger partial charge in [-0.25, -0.2) is 0 Å². The second-order valence-corrected chi connectivity index (χ2v) is 7.45. The second-order valence-electron chi connectivity index (χ2n) is 7.45. The Morgan fingerprint density at radius 1 is 1.39 bits per heavy atom. The normalized spacial score (nSPS) is 38.0. The van der Waals surface area contributed by atoms with Gasteiger partial charge in [0.2, 0.25) is 0 Å². The number of aromatic hydroxyl groups is 1. The third-order valence-corrected chi connectivity index (χ3v) is 6.38. The summed E-state index contributed by atoms with van der Waals surface area (Å²) in [4.78, 5) is 12.9. The number of rotatable bonds is 2. The lowest BCUT2D eigenvalue weighted by Gasteiger charge is -2.47. The van der Waals surface area contributed by atoms with E-state index < -0.39 is 6.10 Å². The summed E-state index contributed by atoms with van der Waals surface area (Å²) in [5, 5.41) is 22.4. The quantitative estimate of drug-likeness (QED) is 0.720. The van der Waals surface area contributed by atoms with Crippen LogP contribution in [0.25, 0.3) is 0 Å². The van der Waals surface area contributed by atoms with Gasteiger partial charge >= 0.3 is 0 Å². The smallest absolute Gasteiger partial charge is 0.175 e. The van der Waals surface area contributed by atoms with E-state index in [0.29, 0.717) is 18.1 Å². The lowest BCUT2D eigenvalue weighted by Crippen LogP contribution is -2.55. The molecule has 1 aromatic carbocycles. The molecule has 23 heavy (non-hydrogen) atoms. The molecular formula is C18H23NO4. The Labute approximate surface area is 135 Å². The molecular weight excluding hydrogens is 294 g/mol. The van der Waals surface area contributed by atoms with Gasteiger partial charge in [0.1, 0.15) is 0 Å². The van der Waals surface area contributed by atoms with Crippen molar-refractivity contribution in [2.24, 2.45) is 11.8 Å². The zero-order valence-electron chi connectivity index (χ0n) is 13.5. The number of aliphatic hydroxyl groups excluding tert-OH is 1. The predicted molar refractivity (Wildman–Crippen MR) is 84.5 cm³/mol. The number of hydrogen-bond donors (Lipinski definition) is 3. The van der Waals surface area contributed by atoms with E-state index in [1.54, 1.807) is 6.07 Å². The monoisotopic (exact) mass is 317 g/mol. The zero-order valence-corrected chi connectivity index (χ0v) is 13.5. The van der Waals surface area contributed by atoms with Crippen LogP contribution in [0, 0.1) is 11.8 Å². The first-order chi connectivity index (χ1) is 11.0. The van der Waals surface area contributed by atoms with Gasteiger partial charge < -0.3 is 14.9 Å². The van der Waals surface area contributed by atoms with E-state index in [9.17, 15) is 15.0 Å². The van der Waals surface area contributed by atoms with Crippen molar-refractivity contribution in [2.45, 2.75) is 50.7 Å². The van der Waals surface area contributed by atoms with Crippen LogP contribution < -0.4 is 10.1 Å². The van der Waals surface area contributed by atoms with Crippen molar-refractivity contribution in [3.63, 3.8) is 0 Å². The van der Waals surface area contributed by atoms with Crippen molar-refractivity contribution >= 4 is 5.78 Å². The molecule has 2 bridgehead atoms. The lowest BCUT2D eigenvalue weighted by molar-refractivity contribution is -0.131. The first-order valence-corrected chi connectivity index (χ1v) is 8.35. The summed E-state index contributed by atoms with van der Waals surface area (Å²) in [6, 6.07) is 3.62. The molecule has 3 unspecified atom stereocenters. The van der Waals surface area contributed by atoms with Crippen molar-refractivity contribution in [1.29, 1.82) is 0 Å². The molecule has 1 saturated carbocycles. The summed E-state index contributed by atoms with van der Waals surface area (Å²) in [6.07, 6.45) is 1.60. The first kappa shape index (κ1) is 15.0. The van der Waals surface area contributed by atoms with Crippen LogP contribution in [-0.2, 0) is 16.6 Å². The molecule has 124 valence electrons. The molecule has 3 N–H and O–H groups in total. The van der Waals surface area contributed by atoms with Crippen LogP contribution in [0.2, 0.25) is 0 Å². The van der Waals surface area contributed by atoms with Crippen LogP contribution in [-0.4, -0.2) is 34.9 Å². The summed E-state index contributed by atoms with van der Waals surface area (Å²) >= 11 is 0. The first-order valence-electron chi connectivity index (χ1n) is 8.35. The molecule has 0 aromatic heterocycles. The van der Waals surface area contributed by atoms with Crippen LogP contribution in [0.5, 0.6) is 11.5 Å². The van der Waals surface area contributed by atoms with Crippen molar-refractivity contribution in [2.75, 3.05) is 6.73 Å². The number of fused-ring (bicyclic) bond motifs is 1. The highest BCUT2D eigenvalue weighted by molar-refractivity contribution is 5.88. The Bertz CT molecular complexity index is 673. The van der Waals surface area contributed by atoms with E-state index in [0.717, 1.165) is 18.4 Å². The van der Waals surface area contributed by atoms with Gasteiger partial charge in [-0.1, -0.05) is 19.9 Å². The third-order valence-electron chi connectivity index (χ3n) is 6.38. The maximum Gasteiger partial charge on any atom is 0.175 e. The summed E-state index contributed by atoms with van der Waals surface area (Å²) in [7, 11) is 0. The van der Waals surface area contributed by atoms with Crippen molar-refractivity contribution in [3.8, 4) is 11.5 Å². The van der Waals surface area contributed by atoms with E-state index in [4.69, 9.17) is 4.74 Å². The number of ether oxygens (including phenoxy) is 1. The van der Waals surface area contributed by atoms with Crippen molar-refractivity contribution in [3.05, 3.63) is 23.3 Å². The number of phenols is 1. The molecule has 5 heteroatoms. The fraction of sp³-hybridized carbons (Fsp3) is 0.611. The number of hydrogen-bond acceptors (Lipinski definition) is 5. The summed E-state index contributed by atoms with van der Waals surface area (Å²) < 4.78 is 6.01. The highest BCUT2D eigenvalue weighted by Crippen LogP contribution is 2.59. The van der Waals surface area contributed by atoms with Gasteiger partial charge in [-0.15, -0.1) is 0 Å². The Hall–Kier alpha value is -1.59. The van der Waals surface area contributed by atoms with Crippen LogP contribution in [0.15, 0.2) is 12.1 Å². The number of ketones is 1. The Morgan fingerprint density at radius 2 is 2.17 bits per heavy atom. The Kier molecular flexibility index (Phi) is 3.22. The molecule has 3 aliphatic rings. The number of aliphatic hydroxyl groups is 1. The minimum absolute atomic E-state index is 0.0257. The molecule has 5 nitrogen and oxygen atoms in total. The van der Waals surface area contributed by atoms with Gasteiger partial charge in [-0.3, -0.25) is 10.1 Å². The maximum atomic E-state index is 12.9. The number of Topliss-reactive ketones (excluding diaryl/α,β-unsaturated/α-hetero) is 1. The predicted octanol–water partition coefficient (Wildman–Crippen LogP) is 1.49. The SMILES string of the molecule is C[C@H]1C2Cc3ccc(O)c4c3C1(C)[C@@H](O4)C(=O)CC(NCO)C2. The van der Waals surface area contributed by atoms with Crippen molar-refractivity contribution in [1.82, 2.24) is 5.32 Å². The van der Waals surface area contributed by atoms with E-state index in [1.165, 1.54) is 5.56 Å². The van der Waals surface area contributed by atoms with Gasteiger partial charge in [0.15, 0.2) is 23.4 Å². The average Bonchev–Trinajstić information content (AvgIpc) is 2.83. The van der Waals surface area contributed by atoms with E-state index in [2.05, 4.69) is 19.2 Å². The number of carbonyl (C=O) groups is 1. The zero-order chi connectivity index (χ0) is 16.4. The van der Waals surface area contributed by atoms with Gasteiger partial charge in [0.05, 0.1) is 6.73 Å². The molecule has 1 fully saturated rings. The summed E-state index contributed by atoms with van der Waals surface area (Å²) in [6.45, 7) is 4.18. The molecule has 2 aliphatic carbocycles. The molecule has 0 saturated heterocycles. The minimum atomic E-state index is -0.550. The van der Waals surface area contributed by atoms with Crippen LogP contribution >= 0.6 is 0 Å². The Balaban J connectivity index is 1.88. The van der Waals surface area contributed by atoms with Gasteiger partial charge in [-0.2, -0.15) is 0 Å². The average molecular weight is 317 g/mol. The number of phenolic OH excluding ortho intramolecular Hbond substituents is 1.